The Morgan fingerprint density at radius 2 is 2.06 bits per heavy atom. The third kappa shape index (κ3) is 6.03. The van der Waals surface area contributed by atoms with Crippen molar-refractivity contribution in [2.75, 3.05) is 13.2 Å². The largest absolute Gasteiger partial charge is 0.378 e. The van der Waals surface area contributed by atoms with Crippen LogP contribution in [0.2, 0.25) is 0 Å². The molecule has 4 nitrogen and oxygen atoms in total. The third-order valence-corrected chi connectivity index (χ3v) is 3.73. The highest BCUT2D eigenvalue weighted by atomic mass is 35.5. The number of halogens is 1. The van der Waals surface area contributed by atoms with Crippen LogP contribution in [-0.2, 0) is 9.53 Å². The van der Waals surface area contributed by atoms with Crippen LogP contribution in [0.5, 0.6) is 0 Å². The van der Waals surface area contributed by atoms with Gasteiger partial charge in [-0.3, -0.25) is 4.79 Å². The monoisotopic (exact) mass is 278 g/mol. The fraction of sp³-hybridized carbons (Fsp3) is 0.923. The van der Waals surface area contributed by atoms with E-state index in [0.717, 1.165) is 32.3 Å². The lowest BCUT2D eigenvalue weighted by Crippen LogP contribution is -2.49. The summed E-state index contributed by atoms with van der Waals surface area (Å²) >= 11 is 0. The van der Waals surface area contributed by atoms with Crippen LogP contribution in [0.4, 0.5) is 0 Å². The molecule has 0 saturated carbocycles. The predicted molar refractivity (Wildman–Crippen MR) is 76.0 cm³/mol. The average molecular weight is 279 g/mol. The lowest BCUT2D eigenvalue weighted by atomic mass is 9.94. The van der Waals surface area contributed by atoms with Gasteiger partial charge in [-0.15, -0.1) is 12.4 Å². The van der Waals surface area contributed by atoms with Gasteiger partial charge in [0.2, 0.25) is 5.91 Å². The zero-order chi connectivity index (χ0) is 12.7. The minimum atomic E-state index is -0.261. The first-order valence-corrected chi connectivity index (χ1v) is 6.77. The number of rotatable bonds is 6. The van der Waals surface area contributed by atoms with E-state index in [2.05, 4.69) is 19.2 Å². The highest BCUT2D eigenvalue weighted by Crippen LogP contribution is 2.15. The molecule has 0 aromatic carbocycles. The first kappa shape index (κ1) is 17.7. The predicted octanol–water partition coefficient (Wildman–Crippen LogP) is 2.00. The van der Waals surface area contributed by atoms with Gasteiger partial charge in [0.25, 0.3) is 0 Å². The number of hydrogen-bond acceptors (Lipinski definition) is 3. The number of amides is 1. The normalized spacial score (nSPS) is 20.1. The molecule has 0 bridgehead atoms. The first-order chi connectivity index (χ1) is 8.09. The van der Waals surface area contributed by atoms with E-state index in [0.29, 0.717) is 13.0 Å². The fourth-order valence-electron chi connectivity index (χ4n) is 2.02. The van der Waals surface area contributed by atoms with Crippen molar-refractivity contribution in [3.63, 3.8) is 0 Å². The molecule has 1 saturated heterocycles. The molecule has 0 aromatic heterocycles. The molecule has 3 N–H and O–H groups in total. The van der Waals surface area contributed by atoms with Crippen molar-refractivity contribution in [1.82, 2.24) is 5.32 Å². The summed E-state index contributed by atoms with van der Waals surface area (Å²) in [4.78, 5) is 11.7. The second-order valence-electron chi connectivity index (χ2n) is 5.04. The lowest BCUT2D eigenvalue weighted by Gasteiger charge is -2.27. The van der Waals surface area contributed by atoms with E-state index in [9.17, 15) is 4.79 Å². The molecule has 0 aromatic rings. The van der Waals surface area contributed by atoms with Crippen LogP contribution in [-0.4, -0.2) is 30.7 Å². The van der Waals surface area contributed by atoms with Gasteiger partial charge in [0, 0.05) is 18.7 Å². The molecule has 18 heavy (non-hydrogen) atoms. The maximum Gasteiger partial charge on any atom is 0.222 e. The van der Waals surface area contributed by atoms with Crippen molar-refractivity contribution in [3.8, 4) is 0 Å². The zero-order valence-corrected chi connectivity index (χ0v) is 12.4. The molecule has 1 heterocycles. The smallest absolute Gasteiger partial charge is 0.222 e. The Labute approximate surface area is 116 Å². The molecule has 108 valence electrons. The van der Waals surface area contributed by atoms with E-state index in [1.807, 2.05) is 0 Å². The summed E-state index contributed by atoms with van der Waals surface area (Å²) in [6.45, 7) is 5.47. The van der Waals surface area contributed by atoms with Gasteiger partial charge in [-0.05, 0) is 32.1 Å². The van der Waals surface area contributed by atoms with E-state index in [1.165, 1.54) is 6.42 Å². The summed E-state index contributed by atoms with van der Waals surface area (Å²) in [5.74, 6) is 0.0635. The molecule has 5 heteroatoms. The Kier molecular flexibility index (Phi) is 8.57. The number of carbonyl (C=O) groups is 1. The molecule has 0 spiro atoms. The highest BCUT2D eigenvalue weighted by Gasteiger charge is 2.22. The van der Waals surface area contributed by atoms with Gasteiger partial charge in [0.05, 0.1) is 12.5 Å². The molecule has 0 aliphatic carbocycles. The molecule has 1 rings (SSSR count). The third-order valence-electron chi connectivity index (χ3n) is 3.73. The molecule has 1 unspecified atom stereocenters. The Bertz CT molecular complexity index is 239. The van der Waals surface area contributed by atoms with Gasteiger partial charge in [0.15, 0.2) is 0 Å². The molecule has 1 atom stereocenters. The van der Waals surface area contributed by atoms with Crippen molar-refractivity contribution in [2.24, 2.45) is 5.73 Å². The molecule has 1 aliphatic rings. The molecule has 0 radical (unpaired) electrons. The van der Waals surface area contributed by atoms with E-state index in [4.69, 9.17) is 10.5 Å². The molecular weight excluding hydrogens is 252 g/mol. The second kappa shape index (κ2) is 8.73. The number of nitrogens with one attached hydrogen (secondary N) is 1. The van der Waals surface area contributed by atoms with Gasteiger partial charge in [-0.2, -0.15) is 0 Å². The standard InChI is InChI=1S/C13H26N2O2.ClH/c1-3-13(14,4-2)10-15-12(16)9-11-7-5-6-8-17-11;/h11H,3-10,14H2,1-2H3,(H,15,16);1H. The van der Waals surface area contributed by atoms with E-state index >= 15 is 0 Å². The van der Waals surface area contributed by atoms with Gasteiger partial charge in [0.1, 0.15) is 0 Å². The summed E-state index contributed by atoms with van der Waals surface area (Å²) in [5.41, 5.74) is 5.87. The topological polar surface area (TPSA) is 64.3 Å². The van der Waals surface area contributed by atoms with Crippen LogP contribution >= 0.6 is 12.4 Å². The minimum Gasteiger partial charge on any atom is -0.378 e. The Morgan fingerprint density at radius 3 is 2.56 bits per heavy atom. The first-order valence-electron chi connectivity index (χ1n) is 6.77. The fourth-order valence-corrected chi connectivity index (χ4v) is 2.02. The lowest BCUT2D eigenvalue weighted by molar-refractivity contribution is -0.125. The van der Waals surface area contributed by atoms with Crippen molar-refractivity contribution in [2.45, 2.75) is 64.0 Å². The number of hydrogen-bond donors (Lipinski definition) is 2. The van der Waals surface area contributed by atoms with Gasteiger partial charge >= 0.3 is 0 Å². The van der Waals surface area contributed by atoms with Gasteiger partial charge < -0.3 is 15.8 Å². The average Bonchev–Trinajstić information content (AvgIpc) is 2.37. The summed E-state index contributed by atoms with van der Waals surface area (Å²) in [7, 11) is 0. The van der Waals surface area contributed by atoms with Crippen molar-refractivity contribution >= 4 is 18.3 Å². The second-order valence-corrected chi connectivity index (χ2v) is 5.04. The number of nitrogens with two attached hydrogens (primary N) is 1. The van der Waals surface area contributed by atoms with Crippen LogP contribution < -0.4 is 11.1 Å². The number of carbonyl (C=O) groups excluding carboxylic acids is 1. The maximum absolute atomic E-state index is 11.7. The Hall–Kier alpha value is -0.320. The molecule has 1 fully saturated rings. The van der Waals surface area contributed by atoms with Gasteiger partial charge in [-0.25, -0.2) is 0 Å². The van der Waals surface area contributed by atoms with Crippen molar-refractivity contribution in [1.29, 1.82) is 0 Å². The summed E-state index contributed by atoms with van der Waals surface area (Å²) < 4.78 is 5.54. The van der Waals surface area contributed by atoms with Crippen LogP contribution in [0.1, 0.15) is 52.4 Å². The Morgan fingerprint density at radius 1 is 1.39 bits per heavy atom. The van der Waals surface area contributed by atoms with Crippen molar-refractivity contribution in [3.05, 3.63) is 0 Å². The van der Waals surface area contributed by atoms with Crippen LogP contribution in [0.25, 0.3) is 0 Å². The highest BCUT2D eigenvalue weighted by molar-refractivity contribution is 5.85. The Balaban J connectivity index is 0.00000289. The van der Waals surface area contributed by atoms with Crippen LogP contribution in [0, 0.1) is 0 Å². The van der Waals surface area contributed by atoms with E-state index < -0.39 is 0 Å². The van der Waals surface area contributed by atoms with E-state index in [-0.39, 0.29) is 30.0 Å². The minimum absolute atomic E-state index is 0. The SMILES string of the molecule is CCC(N)(CC)CNC(=O)CC1CCCCO1.Cl. The van der Waals surface area contributed by atoms with Gasteiger partial charge in [-0.1, -0.05) is 13.8 Å². The number of ether oxygens (including phenoxy) is 1. The summed E-state index contributed by atoms with van der Waals surface area (Å²) in [5, 5.41) is 2.93. The maximum atomic E-state index is 11.7. The van der Waals surface area contributed by atoms with Crippen LogP contribution in [0.3, 0.4) is 0 Å². The van der Waals surface area contributed by atoms with Crippen molar-refractivity contribution < 1.29 is 9.53 Å². The molecular formula is C13H27ClN2O2. The quantitative estimate of drug-likeness (QED) is 0.781. The zero-order valence-electron chi connectivity index (χ0n) is 11.5. The van der Waals surface area contributed by atoms with Crippen LogP contribution in [0.15, 0.2) is 0 Å². The molecule has 1 amide bonds. The van der Waals surface area contributed by atoms with E-state index in [1.54, 1.807) is 0 Å². The summed E-state index contributed by atoms with van der Waals surface area (Å²) in [6.07, 6.45) is 5.64. The molecule has 1 aliphatic heterocycles. The summed E-state index contributed by atoms with van der Waals surface area (Å²) in [6, 6.07) is 0.